The average molecular weight is 223 g/mol. The van der Waals surface area contributed by atoms with E-state index in [-0.39, 0.29) is 5.54 Å². The van der Waals surface area contributed by atoms with E-state index in [1.807, 2.05) is 0 Å². The minimum Gasteiger partial charge on any atom is -0.317 e. The van der Waals surface area contributed by atoms with E-state index in [1.165, 1.54) is 22.3 Å². The van der Waals surface area contributed by atoms with Crippen molar-refractivity contribution in [2.24, 2.45) is 11.7 Å². The third kappa shape index (κ3) is 1.23. The van der Waals surface area contributed by atoms with Crippen LogP contribution >= 0.6 is 0 Å². The Balaban J connectivity index is 2.39. The summed E-state index contributed by atoms with van der Waals surface area (Å²) in [5.41, 5.74) is 11.5. The van der Waals surface area contributed by atoms with E-state index in [2.05, 4.69) is 62.4 Å². The van der Waals surface area contributed by atoms with E-state index in [0.29, 0.717) is 5.92 Å². The maximum absolute atomic E-state index is 6.73. The quantitative estimate of drug-likeness (QED) is 0.786. The first-order valence-corrected chi connectivity index (χ1v) is 6.14. The molecule has 0 amide bonds. The van der Waals surface area contributed by atoms with Gasteiger partial charge in [0.15, 0.2) is 0 Å². The second kappa shape index (κ2) is 3.44. The second-order valence-corrected chi connectivity index (χ2v) is 5.11. The molecule has 1 aliphatic carbocycles. The van der Waals surface area contributed by atoms with Gasteiger partial charge in [-0.15, -0.1) is 0 Å². The SMILES string of the molecule is CC(C)C1(N)c2ccccc2-c2ccccc21. The summed E-state index contributed by atoms with van der Waals surface area (Å²) in [5.74, 6) is 0.382. The molecule has 3 rings (SSSR count). The molecule has 0 saturated heterocycles. The van der Waals surface area contributed by atoms with Crippen molar-refractivity contribution in [2.75, 3.05) is 0 Å². The van der Waals surface area contributed by atoms with E-state index in [1.54, 1.807) is 0 Å². The Bertz CT molecular complexity index is 524. The van der Waals surface area contributed by atoms with Gasteiger partial charge in [0.1, 0.15) is 0 Å². The molecule has 1 aliphatic rings. The first-order valence-electron chi connectivity index (χ1n) is 6.14. The highest BCUT2D eigenvalue weighted by Gasteiger charge is 2.41. The molecule has 86 valence electrons. The lowest BCUT2D eigenvalue weighted by molar-refractivity contribution is 0.392. The fourth-order valence-electron chi connectivity index (χ4n) is 2.92. The van der Waals surface area contributed by atoms with Gasteiger partial charge in [0.25, 0.3) is 0 Å². The number of fused-ring (bicyclic) bond motifs is 3. The summed E-state index contributed by atoms with van der Waals surface area (Å²) in [4.78, 5) is 0. The molecule has 0 radical (unpaired) electrons. The zero-order valence-corrected chi connectivity index (χ0v) is 10.3. The monoisotopic (exact) mass is 223 g/mol. The molecule has 0 heterocycles. The number of rotatable bonds is 1. The van der Waals surface area contributed by atoms with Gasteiger partial charge in [-0.1, -0.05) is 62.4 Å². The van der Waals surface area contributed by atoms with E-state index < -0.39 is 0 Å². The molecule has 17 heavy (non-hydrogen) atoms. The van der Waals surface area contributed by atoms with Gasteiger partial charge in [-0.25, -0.2) is 0 Å². The zero-order valence-electron chi connectivity index (χ0n) is 10.3. The lowest BCUT2D eigenvalue weighted by atomic mass is 9.79. The Kier molecular flexibility index (Phi) is 2.14. The Morgan fingerprint density at radius 3 is 1.65 bits per heavy atom. The molecule has 0 saturated carbocycles. The van der Waals surface area contributed by atoms with Gasteiger partial charge in [-0.2, -0.15) is 0 Å². The lowest BCUT2D eigenvalue weighted by Gasteiger charge is -2.31. The van der Waals surface area contributed by atoms with Gasteiger partial charge in [-0.3, -0.25) is 0 Å². The van der Waals surface area contributed by atoms with Crippen LogP contribution in [0.1, 0.15) is 25.0 Å². The fraction of sp³-hybridized carbons (Fsp3) is 0.250. The van der Waals surface area contributed by atoms with Crippen molar-refractivity contribution >= 4 is 0 Å². The third-order valence-electron chi connectivity index (χ3n) is 3.95. The largest absolute Gasteiger partial charge is 0.317 e. The third-order valence-corrected chi connectivity index (χ3v) is 3.95. The van der Waals surface area contributed by atoms with Crippen molar-refractivity contribution in [1.29, 1.82) is 0 Å². The Morgan fingerprint density at radius 1 is 0.824 bits per heavy atom. The molecule has 2 aromatic rings. The molecule has 1 nitrogen and oxygen atoms in total. The number of nitrogens with two attached hydrogens (primary N) is 1. The number of hydrogen-bond donors (Lipinski definition) is 1. The van der Waals surface area contributed by atoms with Gasteiger partial charge in [-0.05, 0) is 28.2 Å². The Labute approximate surface area is 102 Å². The first-order chi connectivity index (χ1) is 8.15. The van der Waals surface area contributed by atoms with Gasteiger partial charge in [0.05, 0.1) is 5.54 Å². The lowest BCUT2D eigenvalue weighted by Crippen LogP contribution is -2.41. The molecule has 0 aliphatic heterocycles. The second-order valence-electron chi connectivity index (χ2n) is 5.11. The maximum atomic E-state index is 6.73. The summed E-state index contributed by atoms with van der Waals surface area (Å²) < 4.78 is 0. The van der Waals surface area contributed by atoms with Crippen LogP contribution in [0.3, 0.4) is 0 Å². The predicted molar refractivity (Wildman–Crippen MR) is 71.7 cm³/mol. The minimum atomic E-state index is -0.340. The summed E-state index contributed by atoms with van der Waals surface area (Å²) in [6, 6.07) is 17.0. The van der Waals surface area contributed by atoms with E-state index in [9.17, 15) is 0 Å². The highest BCUT2D eigenvalue weighted by atomic mass is 14.8. The molecule has 0 aromatic heterocycles. The molecule has 2 aromatic carbocycles. The Morgan fingerprint density at radius 2 is 1.24 bits per heavy atom. The Hall–Kier alpha value is -1.60. The van der Waals surface area contributed by atoms with Crippen LogP contribution in [0.5, 0.6) is 0 Å². The molecule has 1 heteroatoms. The van der Waals surface area contributed by atoms with Gasteiger partial charge in [0.2, 0.25) is 0 Å². The molecule has 0 unspecified atom stereocenters. The van der Waals surface area contributed by atoms with Crippen LogP contribution in [0.15, 0.2) is 48.5 Å². The minimum absolute atomic E-state index is 0.340. The van der Waals surface area contributed by atoms with Crippen molar-refractivity contribution < 1.29 is 0 Å². The molecular weight excluding hydrogens is 206 g/mol. The maximum Gasteiger partial charge on any atom is 0.0700 e. The van der Waals surface area contributed by atoms with Crippen LogP contribution in [0.25, 0.3) is 11.1 Å². The van der Waals surface area contributed by atoms with Crippen molar-refractivity contribution in [3.63, 3.8) is 0 Å². The summed E-state index contributed by atoms with van der Waals surface area (Å²) in [6.07, 6.45) is 0. The van der Waals surface area contributed by atoms with Gasteiger partial charge in [0, 0.05) is 0 Å². The summed E-state index contributed by atoms with van der Waals surface area (Å²) >= 11 is 0. The molecule has 0 spiro atoms. The first kappa shape index (κ1) is 10.5. The molecule has 2 N–H and O–H groups in total. The normalized spacial score (nSPS) is 15.8. The fourth-order valence-corrected chi connectivity index (χ4v) is 2.92. The molecule has 0 bridgehead atoms. The highest BCUT2D eigenvalue weighted by molar-refractivity contribution is 5.80. The van der Waals surface area contributed by atoms with Crippen molar-refractivity contribution in [3.05, 3.63) is 59.7 Å². The topological polar surface area (TPSA) is 26.0 Å². The average Bonchev–Trinajstić information content (AvgIpc) is 2.63. The van der Waals surface area contributed by atoms with Crippen LogP contribution in [0.2, 0.25) is 0 Å². The molecule has 0 atom stereocenters. The highest BCUT2D eigenvalue weighted by Crippen LogP contribution is 2.48. The summed E-state index contributed by atoms with van der Waals surface area (Å²) in [5, 5.41) is 0. The van der Waals surface area contributed by atoms with Crippen LogP contribution in [-0.4, -0.2) is 0 Å². The van der Waals surface area contributed by atoms with Crippen LogP contribution in [-0.2, 0) is 5.54 Å². The van der Waals surface area contributed by atoms with Crippen molar-refractivity contribution in [3.8, 4) is 11.1 Å². The van der Waals surface area contributed by atoms with Crippen LogP contribution in [0, 0.1) is 5.92 Å². The van der Waals surface area contributed by atoms with Crippen LogP contribution < -0.4 is 5.73 Å². The van der Waals surface area contributed by atoms with Gasteiger partial charge >= 0.3 is 0 Å². The van der Waals surface area contributed by atoms with Crippen molar-refractivity contribution in [1.82, 2.24) is 0 Å². The standard InChI is InChI=1S/C16H17N/c1-11(2)16(17)14-9-5-3-7-12(14)13-8-4-6-10-15(13)16/h3-11H,17H2,1-2H3. The zero-order chi connectivity index (χ0) is 12.0. The van der Waals surface area contributed by atoms with Crippen molar-refractivity contribution in [2.45, 2.75) is 19.4 Å². The van der Waals surface area contributed by atoms with E-state index in [4.69, 9.17) is 5.73 Å². The van der Waals surface area contributed by atoms with Crippen LogP contribution in [0.4, 0.5) is 0 Å². The molecule has 0 fully saturated rings. The predicted octanol–water partition coefficient (Wildman–Crippen LogP) is 3.53. The smallest absolute Gasteiger partial charge is 0.0700 e. The number of benzene rings is 2. The van der Waals surface area contributed by atoms with E-state index >= 15 is 0 Å². The van der Waals surface area contributed by atoms with Gasteiger partial charge < -0.3 is 5.73 Å². The summed E-state index contributed by atoms with van der Waals surface area (Å²) in [7, 11) is 0. The number of hydrogen-bond acceptors (Lipinski definition) is 1. The van der Waals surface area contributed by atoms with E-state index in [0.717, 1.165) is 0 Å². The summed E-state index contributed by atoms with van der Waals surface area (Å²) in [6.45, 7) is 4.39. The molecular formula is C16H17N.